The SMILES string of the molecule is C[C@@H](CN(C)N=O)N(C[C@H](Cc1ccccc1)N(CCc1ccccc1)N=O)N=O. The van der Waals surface area contributed by atoms with Crippen LogP contribution in [0.25, 0.3) is 0 Å². The average Bonchev–Trinajstić information content (AvgIpc) is 2.78. The van der Waals surface area contributed by atoms with E-state index in [1.165, 1.54) is 22.1 Å². The van der Waals surface area contributed by atoms with E-state index in [2.05, 4.69) is 15.9 Å². The zero-order valence-corrected chi connectivity index (χ0v) is 17.4. The van der Waals surface area contributed by atoms with Crippen molar-refractivity contribution < 1.29 is 0 Å². The van der Waals surface area contributed by atoms with Crippen LogP contribution in [-0.2, 0) is 12.8 Å². The number of nitroso groups, excluding NO2 is 3. The molecule has 30 heavy (non-hydrogen) atoms. The van der Waals surface area contributed by atoms with Crippen molar-refractivity contribution in [2.75, 3.05) is 26.7 Å². The minimum atomic E-state index is -0.358. The van der Waals surface area contributed by atoms with Crippen LogP contribution < -0.4 is 0 Å². The lowest BCUT2D eigenvalue weighted by molar-refractivity contribution is 0.102. The highest BCUT2D eigenvalue weighted by Crippen LogP contribution is 2.15. The molecule has 0 aromatic heterocycles. The Labute approximate surface area is 176 Å². The first-order chi connectivity index (χ1) is 14.6. The maximum Gasteiger partial charge on any atom is 0.0735 e. The molecule has 0 aliphatic heterocycles. The van der Waals surface area contributed by atoms with Crippen molar-refractivity contribution in [1.82, 2.24) is 15.0 Å². The van der Waals surface area contributed by atoms with Gasteiger partial charge in [-0.1, -0.05) is 60.7 Å². The topological polar surface area (TPSA) is 98.0 Å². The van der Waals surface area contributed by atoms with Crippen molar-refractivity contribution >= 4 is 0 Å². The first-order valence-electron chi connectivity index (χ1n) is 9.89. The monoisotopic (exact) mass is 412 g/mol. The van der Waals surface area contributed by atoms with E-state index in [0.29, 0.717) is 19.4 Å². The summed E-state index contributed by atoms with van der Waals surface area (Å²) in [6, 6.07) is 18.9. The zero-order valence-electron chi connectivity index (χ0n) is 17.4. The fourth-order valence-corrected chi connectivity index (χ4v) is 3.35. The Morgan fingerprint density at radius 1 is 0.767 bits per heavy atom. The fourth-order valence-electron chi connectivity index (χ4n) is 3.35. The number of rotatable bonds is 14. The third-order valence-electron chi connectivity index (χ3n) is 4.99. The summed E-state index contributed by atoms with van der Waals surface area (Å²) in [6.07, 6.45) is 1.18. The third-order valence-corrected chi connectivity index (χ3v) is 4.99. The lowest BCUT2D eigenvalue weighted by Gasteiger charge is -2.32. The van der Waals surface area contributed by atoms with Crippen LogP contribution in [0.2, 0.25) is 0 Å². The largest absolute Gasteiger partial charge is 0.262 e. The molecule has 2 atom stereocenters. The van der Waals surface area contributed by atoms with E-state index in [-0.39, 0.29) is 25.2 Å². The quantitative estimate of drug-likeness (QED) is 0.346. The summed E-state index contributed by atoms with van der Waals surface area (Å²) < 4.78 is 0. The smallest absolute Gasteiger partial charge is 0.0735 e. The third kappa shape index (κ3) is 7.23. The van der Waals surface area contributed by atoms with Gasteiger partial charge >= 0.3 is 0 Å². The molecule has 2 aromatic rings. The summed E-state index contributed by atoms with van der Waals surface area (Å²) in [5.41, 5.74) is 2.13. The molecule has 0 unspecified atom stereocenters. The molecular weight excluding hydrogens is 384 g/mol. The van der Waals surface area contributed by atoms with Crippen LogP contribution in [0.4, 0.5) is 0 Å². The van der Waals surface area contributed by atoms with Gasteiger partial charge in [0.15, 0.2) is 0 Å². The van der Waals surface area contributed by atoms with Crippen molar-refractivity contribution in [2.24, 2.45) is 15.9 Å². The molecule has 0 saturated carbocycles. The highest BCUT2D eigenvalue weighted by atomic mass is 16.3. The van der Waals surface area contributed by atoms with Gasteiger partial charge in [0.25, 0.3) is 0 Å². The van der Waals surface area contributed by atoms with Crippen molar-refractivity contribution in [1.29, 1.82) is 0 Å². The Balaban J connectivity index is 2.15. The first kappa shape index (κ1) is 22.9. The number of likely N-dealkylation sites (N-methyl/N-ethyl adjacent to an activating group) is 1. The second-order valence-electron chi connectivity index (χ2n) is 7.30. The van der Waals surface area contributed by atoms with Crippen molar-refractivity contribution in [2.45, 2.75) is 31.8 Å². The Kier molecular flexibility index (Phi) is 9.36. The van der Waals surface area contributed by atoms with E-state index in [9.17, 15) is 14.7 Å². The minimum absolute atomic E-state index is 0.201. The van der Waals surface area contributed by atoms with Crippen LogP contribution in [0.1, 0.15) is 18.1 Å². The van der Waals surface area contributed by atoms with Gasteiger partial charge in [-0.15, -0.1) is 14.7 Å². The van der Waals surface area contributed by atoms with E-state index < -0.39 is 0 Å². The Morgan fingerprint density at radius 2 is 1.33 bits per heavy atom. The normalized spacial score (nSPS) is 12.5. The minimum Gasteiger partial charge on any atom is -0.262 e. The molecule has 0 aliphatic rings. The number of benzene rings is 2. The Morgan fingerprint density at radius 3 is 1.87 bits per heavy atom. The predicted molar refractivity (Wildman–Crippen MR) is 117 cm³/mol. The molecule has 0 N–H and O–H groups in total. The number of nitrogens with zero attached hydrogens (tertiary/aromatic N) is 6. The van der Waals surface area contributed by atoms with Crippen LogP contribution in [0.15, 0.2) is 76.5 Å². The van der Waals surface area contributed by atoms with Gasteiger partial charge in [-0.25, -0.2) is 0 Å². The average molecular weight is 412 g/mol. The standard InChI is InChI=1S/C21H28N6O3/c1-18(16-25(2)22-28)27(24-30)17-21(15-20-11-7-4-8-12-20)26(23-29)14-13-19-9-5-3-6-10-19/h3-12,18,21H,13-17H2,1-2H3/t18-,21-/m0/s1. The van der Waals surface area contributed by atoms with Gasteiger partial charge < -0.3 is 0 Å². The molecule has 0 aliphatic carbocycles. The summed E-state index contributed by atoms with van der Waals surface area (Å²) >= 11 is 0. The summed E-state index contributed by atoms with van der Waals surface area (Å²) in [4.78, 5) is 33.9. The fraction of sp³-hybridized carbons (Fsp3) is 0.429. The molecule has 0 amide bonds. The summed E-state index contributed by atoms with van der Waals surface area (Å²) in [5, 5.41) is 13.3. The van der Waals surface area contributed by atoms with Crippen LogP contribution in [0.3, 0.4) is 0 Å². The molecule has 2 aromatic carbocycles. The zero-order chi connectivity index (χ0) is 21.8. The van der Waals surface area contributed by atoms with E-state index in [1.807, 2.05) is 60.7 Å². The van der Waals surface area contributed by atoms with E-state index >= 15 is 0 Å². The molecule has 0 radical (unpaired) electrons. The molecule has 0 spiro atoms. The lowest BCUT2D eigenvalue weighted by Crippen LogP contribution is -2.46. The van der Waals surface area contributed by atoms with E-state index in [0.717, 1.165) is 11.1 Å². The molecule has 160 valence electrons. The Hall–Kier alpha value is -3.36. The van der Waals surface area contributed by atoms with Crippen LogP contribution >= 0.6 is 0 Å². The molecule has 0 heterocycles. The lowest BCUT2D eigenvalue weighted by atomic mass is 10.0. The van der Waals surface area contributed by atoms with Gasteiger partial charge in [-0.05, 0) is 30.9 Å². The Bertz CT molecular complexity index is 777. The molecule has 9 heteroatoms. The van der Waals surface area contributed by atoms with Gasteiger partial charge in [0.2, 0.25) is 0 Å². The van der Waals surface area contributed by atoms with Crippen molar-refractivity contribution in [3.63, 3.8) is 0 Å². The van der Waals surface area contributed by atoms with Gasteiger partial charge in [-0.2, -0.15) is 0 Å². The maximum absolute atomic E-state index is 11.7. The van der Waals surface area contributed by atoms with Gasteiger partial charge in [0.1, 0.15) is 0 Å². The van der Waals surface area contributed by atoms with E-state index in [1.54, 1.807) is 6.92 Å². The first-order valence-corrected chi connectivity index (χ1v) is 9.89. The summed E-state index contributed by atoms with van der Waals surface area (Å²) in [6.45, 7) is 2.64. The van der Waals surface area contributed by atoms with Crippen LogP contribution in [0, 0.1) is 14.7 Å². The molecule has 0 fully saturated rings. The second-order valence-corrected chi connectivity index (χ2v) is 7.30. The molecular formula is C21H28N6O3. The molecule has 0 saturated heterocycles. The van der Waals surface area contributed by atoms with Crippen LogP contribution in [0.5, 0.6) is 0 Å². The molecule has 9 nitrogen and oxygen atoms in total. The summed E-state index contributed by atoms with van der Waals surface area (Å²) in [7, 11) is 1.53. The van der Waals surface area contributed by atoms with Gasteiger partial charge in [0.05, 0.1) is 41.0 Å². The maximum atomic E-state index is 11.7. The number of hydrogen-bond donors (Lipinski definition) is 0. The highest BCUT2D eigenvalue weighted by Gasteiger charge is 2.25. The van der Waals surface area contributed by atoms with E-state index in [4.69, 9.17) is 0 Å². The predicted octanol–water partition coefficient (Wildman–Crippen LogP) is 3.81. The molecule has 2 rings (SSSR count). The highest BCUT2D eigenvalue weighted by molar-refractivity contribution is 5.17. The summed E-state index contributed by atoms with van der Waals surface area (Å²) in [5.74, 6) is 0. The van der Waals surface area contributed by atoms with Crippen molar-refractivity contribution in [3.8, 4) is 0 Å². The molecule has 0 bridgehead atoms. The number of hydrogen-bond acceptors (Lipinski definition) is 6. The van der Waals surface area contributed by atoms with Gasteiger partial charge in [0, 0.05) is 13.6 Å². The van der Waals surface area contributed by atoms with Gasteiger partial charge in [-0.3, -0.25) is 15.0 Å². The van der Waals surface area contributed by atoms with Crippen molar-refractivity contribution in [3.05, 3.63) is 86.5 Å². The van der Waals surface area contributed by atoms with Crippen LogP contribution in [-0.4, -0.2) is 53.8 Å². The second kappa shape index (κ2) is 12.3.